The van der Waals surface area contributed by atoms with Crippen LogP contribution in [0.3, 0.4) is 0 Å². The zero-order chi connectivity index (χ0) is 17.9. The molecule has 0 bridgehead atoms. The number of aromatic nitrogens is 3. The first-order chi connectivity index (χ1) is 12.7. The van der Waals surface area contributed by atoms with Crippen molar-refractivity contribution in [3.8, 4) is 10.6 Å². The maximum absolute atomic E-state index is 12.9. The molecule has 1 atom stereocenters. The van der Waals surface area contributed by atoms with Crippen LogP contribution >= 0.6 is 11.3 Å². The first-order valence-corrected chi connectivity index (χ1v) is 9.89. The fourth-order valence-corrected chi connectivity index (χ4v) is 4.14. The first kappa shape index (κ1) is 17.4. The zero-order valence-corrected chi connectivity index (χ0v) is 15.7. The van der Waals surface area contributed by atoms with Crippen LogP contribution in [-0.4, -0.2) is 60.4 Å². The summed E-state index contributed by atoms with van der Waals surface area (Å²) in [6, 6.07) is 0.260. The summed E-state index contributed by atoms with van der Waals surface area (Å²) in [5, 5.41) is 7.59. The van der Waals surface area contributed by atoms with Crippen molar-refractivity contribution < 1.29 is 4.74 Å². The molecule has 8 nitrogen and oxygen atoms in total. The van der Waals surface area contributed by atoms with Gasteiger partial charge in [0.05, 0.1) is 13.2 Å². The van der Waals surface area contributed by atoms with Crippen LogP contribution in [0.25, 0.3) is 10.6 Å². The number of thiazole rings is 1. The van der Waals surface area contributed by atoms with Crippen LogP contribution in [0.5, 0.6) is 0 Å². The second-order valence-electron chi connectivity index (χ2n) is 6.68. The Morgan fingerprint density at radius 3 is 2.92 bits per heavy atom. The lowest BCUT2D eigenvalue weighted by Crippen LogP contribution is -2.40. The van der Waals surface area contributed by atoms with E-state index >= 15 is 0 Å². The minimum absolute atomic E-state index is 0.151. The van der Waals surface area contributed by atoms with Crippen LogP contribution in [0, 0.1) is 6.92 Å². The van der Waals surface area contributed by atoms with Crippen LogP contribution in [0.1, 0.15) is 17.7 Å². The fourth-order valence-electron chi connectivity index (χ4n) is 3.33. The summed E-state index contributed by atoms with van der Waals surface area (Å²) in [6.45, 7) is 6.64. The number of rotatable bonds is 4. The second-order valence-corrected chi connectivity index (χ2v) is 7.91. The topological polar surface area (TPSA) is 95.2 Å². The van der Waals surface area contributed by atoms with Gasteiger partial charge < -0.3 is 20.3 Å². The maximum Gasteiger partial charge on any atom is 0.264 e. The van der Waals surface area contributed by atoms with Gasteiger partial charge in [0.25, 0.3) is 5.56 Å². The lowest BCUT2D eigenvalue weighted by atomic mass is 10.1. The molecular formula is C17H24N6O2S. The number of piperidine rings is 1. The molecule has 0 saturated carbocycles. The summed E-state index contributed by atoms with van der Waals surface area (Å²) in [6.07, 6.45) is 3.97. The lowest BCUT2D eigenvalue weighted by Gasteiger charge is -2.29. The molecule has 2 aliphatic heterocycles. The van der Waals surface area contributed by atoms with E-state index in [1.807, 2.05) is 6.92 Å². The molecule has 2 aromatic rings. The molecule has 2 saturated heterocycles. The quantitative estimate of drug-likeness (QED) is 0.738. The number of hydrogen-bond donors (Lipinski definition) is 3. The van der Waals surface area contributed by atoms with E-state index in [9.17, 15) is 4.79 Å². The molecule has 0 aromatic carbocycles. The molecule has 2 aliphatic rings. The molecule has 4 rings (SSSR count). The largest absolute Gasteiger partial charge is 0.378 e. The van der Waals surface area contributed by atoms with Gasteiger partial charge in [-0.1, -0.05) is 0 Å². The SMILES string of the molecule is Cc1cnc(-c2c(N[C@@H]3CCCNC3)nc(N3CCOCC3)[nH]c2=O)s1. The number of nitrogens with zero attached hydrogens (tertiary/aromatic N) is 3. The van der Waals surface area contributed by atoms with Gasteiger partial charge in [-0.05, 0) is 26.3 Å². The molecule has 9 heteroatoms. The summed E-state index contributed by atoms with van der Waals surface area (Å²) < 4.78 is 5.41. The third kappa shape index (κ3) is 3.74. The van der Waals surface area contributed by atoms with Crippen LogP contribution in [-0.2, 0) is 4.74 Å². The molecule has 26 heavy (non-hydrogen) atoms. The summed E-state index contributed by atoms with van der Waals surface area (Å²) in [5.41, 5.74) is 0.382. The van der Waals surface area contributed by atoms with E-state index in [1.165, 1.54) is 11.3 Å². The molecule has 4 heterocycles. The van der Waals surface area contributed by atoms with Crippen molar-refractivity contribution >= 4 is 23.1 Å². The Balaban J connectivity index is 1.72. The van der Waals surface area contributed by atoms with Crippen molar-refractivity contribution in [3.63, 3.8) is 0 Å². The van der Waals surface area contributed by atoms with Crippen LogP contribution in [0.2, 0.25) is 0 Å². The normalized spacial score (nSPS) is 21.0. The number of morpholine rings is 1. The Morgan fingerprint density at radius 1 is 1.38 bits per heavy atom. The molecule has 0 amide bonds. The van der Waals surface area contributed by atoms with Gasteiger partial charge in [-0.15, -0.1) is 11.3 Å². The first-order valence-electron chi connectivity index (χ1n) is 9.08. The predicted molar refractivity (Wildman–Crippen MR) is 103 cm³/mol. The van der Waals surface area contributed by atoms with E-state index in [2.05, 4.69) is 25.5 Å². The number of aromatic amines is 1. The van der Waals surface area contributed by atoms with Gasteiger partial charge in [-0.3, -0.25) is 9.78 Å². The maximum atomic E-state index is 12.9. The Bertz CT molecular complexity index is 808. The Morgan fingerprint density at radius 2 is 2.23 bits per heavy atom. The van der Waals surface area contributed by atoms with Crippen molar-refractivity contribution in [2.24, 2.45) is 0 Å². The lowest BCUT2D eigenvalue weighted by molar-refractivity contribution is 0.122. The third-order valence-corrected chi connectivity index (χ3v) is 5.62. The number of nitrogens with one attached hydrogen (secondary N) is 3. The van der Waals surface area contributed by atoms with E-state index in [4.69, 9.17) is 9.72 Å². The van der Waals surface area contributed by atoms with E-state index in [-0.39, 0.29) is 11.6 Å². The van der Waals surface area contributed by atoms with E-state index < -0.39 is 0 Å². The van der Waals surface area contributed by atoms with Crippen molar-refractivity contribution in [2.45, 2.75) is 25.8 Å². The van der Waals surface area contributed by atoms with Gasteiger partial charge in [-0.2, -0.15) is 4.98 Å². The molecule has 2 aromatic heterocycles. The summed E-state index contributed by atoms with van der Waals surface area (Å²) in [5.74, 6) is 1.22. The second kappa shape index (κ2) is 7.73. The molecule has 0 aliphatic carbocycles. The molecule has 2 fully saturated rings. The summed E-state index contributed by atoms with van der Waals surface area (Å²) in [4.78, 5) is 28.2. The average molecular weight is 376 g/mol. The van der Waals surface area contributed by atoms with Crippen molar-refractivity contribution in [1.29, 1.82) is 0 Å². The Kier molecular flexibility index (Phi) is 5.18. The van der Waals surface area contributed by atoms with E-state index in [0.29, 0.717) is 35.6 Å². The third-order valence-electron chi connectivity index (χ3n) is 4.69. The highest BCUT2D eigenvalue weighted by Crippen LogP contribution is 2.29. The standard InChI is InChI=1S/C17H24N6O2S/c1-11-9-19-16(26-11)13-14(20-12-3-2-4-18-10-12)21-17(22-15(13)24)23-5-7-25-8-6-23/h9,12,18H,2-8,10H2,1H3,(H2,20,21,22,24)/t12-/m1/s1. The highest BCUT2D eigenvalue weighted by atomic mass is 32.1. The molecular weight excluding hydrogens is 352 g/mol. The highest BCUT2D eigenvalue weighted by molar-refractivity contribution is 7.15. The number of hydrogen-bond acceptors (Lipinski definition) is 8. The van der Waals surface area contributed by atoms with Crippen LogP contribution in [0.4, 0.5) is 11.8 Å². The van der Waals surface area contributed by atoms with Crippen molar-refractivity contribution in [1.82, 2.24) is 20.3 Å². The predicted octanol–water partition coefficient (Wildman–Crippen LogP) is 1.20. The molecule has 0 unspecified atom stereocenters. The fraction of sp³-hybridized carbons (Fsp3) is 0.588. The minimum Gasteiger partial charge on any atom is -0.378 e. The van der Waals surface area contributed by atoms with E-state index in [1.54, 1.807) is 6.20 Å². The van der Waals surface area contributed by atoms with Gasteiger partial charge in [0.1, 0.15) is 16.4 Å². The molecule has 3 N–H and O–H groups in total. The molecule has 0 spiro atoms. The molecule has 0 radical (unpaired) electrons. The number of H-pyrrole nitrogens is 1. The van der Waals surface area contributed by atoms with Crippen LogP contribution < -0.4 is 21.1 Å². The van der Waals surface area contributed by atoms with Gasteiger partial charge in [0.15, 0.2) is 0 Å². The van der Waals surface area contributed by atoms with Gasteiger partial charge in [-0.25, -0.2) is 4.98 Å². The van der Waals surface area contributed by atoms with Crippen molar-refractivity contribution in [2.75, 3.05) is 49.6 Å². The van der Waals surface area contributed by atoms with Crippen molar-refractivity contribution in [3.05, 3.63) is 21.4 Å². The Hall–Kier alpha value is -1.97. The highest BCUT2D eigenvalue weighted by Gasteiger charge is 2.23. The van der Waals surface area contributed by atoms with E-state index in [0.717, 1.165) is 43.9 Å². The zero-order valence-electron chi connectivity index (χ0n) is 14.9. The smallest absolute Gasteiger partial charge is 0.264 e. The number of anilines is 2. The minimum atomic E-state index is -0.151. The van der Waals surface area contributed by atoms with Gasteiger partial charge in [0.2, 0.25) is 5.95 Å². The van der Waals surface area contributed by atoms with Crippen LogP contribution in [0.15, 0.2) is 11.0 Å². The number of aryl methyl sites for hydroxylation is 1. The monoisotopic (exact) mass is 376 g/mol. The van der Waals surface area contributed by atoms with Gasteiger partial charge in [0, 0.05) is 36.8 Å². The number of ether oxygens (including phenoxy) is 1. The molecule has 140 valence electrons. The van der Waals surface area contributed by atoms with Gasteiger partial charge >= 0.3 is 0 Å². The average Bonchev–Trinajstić information content (AvgIpc) is 3.09. The Labute approximate surface area is 156 Å². The summed E-state index contributed by atoms with van der Waals surface area (Å²) >= 11 is 1.51. The summed E-state index contributed by atoms with van der Waals surface area (Å²) in [7, 11) is 0.